The van der Waals surface area contributed by atoms with Crippen molar-refractivity contribution in [3.63, 3.8) is 0 Å². The zero-order valence-electron chi connectivity index (χ0n) is 15.9. The molecule has 1 fully saturated rings. The van der Waals surface area contributed by atoms with Crippen LogP contribution in [0.15, 0.2) is 10.6 Å². The predicted octanol–water partition coefficient (Wildman–Crippen LogP) is 3.15. The number of aromatic nitrogens is 1. The highest BCUT2D eigenvalue weighted by molar-refractivity contribution is 5.88. The second kappa shape index (κ2) is 8.52. The molecule has 144 valence electrons. The summed E-state index contributed by atoms with van der Waals surface area (Å²) in [5.41, 5.74) is 6.01. The van der Waals surface area contributed by atoms with Crippen LogP contribution < -0.4 is 11.1 Å². The first-order chi connectivity index (χ1) is 11.3. The third-order valence-electron chi connectivity index (χ3n) is 5.64. The number of carbonyl (C=O) groups is 1. The van der Waals surface area contributed by atoms with Gasteiger partial charge in [0, 0.05) is 30.4 Å². The Morgan fingerprint density at radius 2 is 2.08 bits per heavy atom. The minimum atomic E-state index is -0.912. The van der Waals surface area contributed by atoms with E-state index in [4.69, 9.17) is 15.0 Å². The van der Waals surface area contributed by atoms with Gasteiger partial charge in [-0.3, -0.25) is 4.79 Å². The van der Waals surface area contributed by atoms with Crippen molar-refractivity contribution in [3.8, 4) is 0 Å². The third-order valence-corrected chi connectivity index (χ3v) is 5.64. The van der Waals surface area contributed by atoms with E-state index in [0.717, 1.165) is 18.5 Å². The van der Waals surface area contributed by atoms with Crippen LogP contribution in [0.2, 0.25) is 0 Å². The van der Waals surface area contributed by atoms with Crippen LogP contribution in [-0.2, 0) is 16.1 Å². The fourth-order valence-electron chi connectivity index (χ4n) is 3.46. The Labute approximate surface area is 156 Å². The Balaban J connectivity index is 0.00000312. The molecule has 2 atom stereocenters. The van der Waals surface area contributed by atoms with Crippen molar-refractivity contribution >= 4 is 18.3 Å². The number of hydrogen-bond donors (Lipinski definition) is 2. The van der Waals surface area contributed by atoms with Crippen molar-refractivity contribution < 1.29 is 14.1 Å². The van der Waals surface area contributed by atoms with Gasteiger partial charge in [0.15, 0.2) is 5.76 Å². The lowest BCUT2D eigenvalue weighted by atomic mass is 9.54. The summed E-state index contributed by atoms with van der Waals surface area (Å²) in [4.78, 5) is 12.6. The molecule has 0 aliphatic heterocycles. The summed E-state index contributed by atoms with van der Waals surface area (Å²) in [6.07, 6.45) is 2.60. The van der Waals surface area contributed by atoms with Crippen molar-refractivity contribution in [2.75, 3.05) is 6.61 Å². The van der Waals surface area contributed by atoms with Gasteiger partial charge in [-0.25, -0.2) is 0 Å². The molecule has 6 nitrogen and oxygen atoms in total. The molecule has 0 bridgehead atoms. The van der Waals surface area contributed by atoms with E-state index < -0.39 is 11.0 Å². The van der Waals surface area contributed by atoms with Gasteiger partial charge in [-0.1, -0.05) is 32.9 Å². The van der Waals surface area contributed by atoms with Crippen molar-refractivity contribution in [1.29, 1.82) is 0 Å². The lowest BCUT2D eigenvalue weighted by Crippen LogP contribution is -2.75. The van der Waals surface area contributed by atoms with Crippen LogP contribution in [0.1, 0.15) is 71.3 Å². The van der Waals surface area contributed by atoms with Crippen molar-refractivity contribution in [2.45, 2.75) is 78.0 Å². The molecule has 1 saturated carbocycles. The number of rotatable bonds is 8. The van der Waals surface area contributed by atoms with Gasteiger partial charge in [0.1, 0.15) is 5.54 Å². The van der Waals surface area contributed by atoms with Crippen LogP contribution in [0.3, 0.4) is 0 Å². The first kappa shape index (κ1) is 21.9. The molecule has 1 aromatic heterocycles. The van der Waals surface area contributed by atoms with Gasteiger partial charge in [0.2, 0.25) is 5.91 Å². The summed E-state index contributed by atoms with van der Waals surface area (Å²) < 4.78 is 11.0. The number of hydrogen-bond acceptors (Lipinski definition) is 5. The zero-order chi connectivity index (χ0) is 18.0. The number of ether oxygens (including phenoxy) is 1. The second-order valence-corrected chi connectivity index (χ2v) is 7.26. The predicted molar refractivity (Wildman–Crippen MR) is 99.7 cm³/mol. The van der Waals surface area contributed by atoms with E-state index in [1.54, 1.807) is 0 Å². The number of carbonyl (C=O) groups excluding carboxylic acids is 1. The van der Waals surface area contributed by atoms with E-state index >= 15 is 0 Å². The highest BCUT2D eigenvalue weighted by Gasteiger charge is 2.62. The minimum absolute atomic E-state index is 0. The molecule has 0 spiro atoms. The highest BCUT2D eigenvalue weighted by atomic mass is 35.5. The topological polar surface area (TPSA) is 90.4 Å². The maximum atomic E-state index is 12.6. The van der Waals surface area contributed by atoms with Gasteiger partial charge in [0.05, 0.1) is 18.3 Å². The van der Waals surface area contributed by atoms with Crippen LogP contribution >= 0.6 is 12.4 Å². The standard InChI is InChI=1S/C18H31N3O3.ClH/c1-6-12(7-2)14-9-13(24-21-14)11-20-16(22)18(19)10-15(23-8-3)17(18,4)5;/h9,12,15H,6-8,10-11,19H2,1-5H3,(H,20,22);1H. The Bertz CT molecular complexity index is 572. The number of nitrogens with two attached hydrogens (primary N) is 1. The van der Waals surface area contributed by atoms with Gasteiger partial charge >= 0.3 is 0 Å². The summed E-state index contributed by atoms with van der Waals surface area (Å²) >= 11 is 0. The number of amides is 1. The molecule has 2 rings (SSSR count). The first-order valence-electron chi connectivity index (χ1n) is 8.94. The van der Waals surface area contributed by atoms with Gasteiger partial charge in [-0.15, -0.1) is 12.4 Å². The Morgan fingerprint density at radius 1 is 1.44 bits per heavy atom. The van der Waals surface area contributed by atoms with Gasteiger partial charge in [-0.05, 0) is 19.8 Å². The molecule has 1 heterocycles. The third kappa shape index (κ3) is 4.01. The molecule has 0 radical (unpaired) electrons. The molecule has 0 saturated heterocycles. The summed E-state index contributed by atoms with van der Waals surface area (Å²) in [6, 6.07) is 1.93. The van der Waals surface area contributed by atoms with E-state index in [-0.39, 0.29) is 24.4 Å². The van der Waals surface area contributed by atoms with Crippen LogP contribution in [0.25, 0.3) is 0 Å². The highest BCUT2D eigenvalue weighted by Crippen LogP contribution is 2.49. The molecule has 1 amide bonds. The van der Waals surface area contributed by atoms with E-state index in [0.29, 0.717) is 31.3 Å². The average Bonchev–Trinajstić information content (AvgIpc) is 3.02. The molecule has 7 heteroatoms. The van der Waals surface area contributed by atoms with Gasteiger partial charge < -0.3 is 20.3 Å². The number of halogens is 1. The molecule has 2 unspecified atom stereocenters. The maximum Gasteiger partial charge on any atom is 0.241 e. The second-order valence-electron chi connectivity index (χ2n) is 7.26. The van der Waals surface area contributed by atoms with Crippen molar-refractivity contribution in [3.05, 3.63) is 17.5 Å². The fraction of sp³-hybridized carbons (Fsp3) is 0.778. The summed E-state index contributed by atoms with van der Waals surface area (Å²) in [6.45, 7) is 11.1. The largest absolute Gasteiger partial charge is 0.378 e. The van der Waals surface area contributed by atoms with Crippen LogP contribution in [0, 0.1) is 5.41 Å². The molecule has 1 aromatic rings. The van der Waals surface area contributed by atoms with Gasteiger partial charge in [0.25, 0.3) is 0 Å². The summed E-state index contributed by atoms with van der Waals surface area (Å²) in [5.74, 6) is 0.896. The Hall–Kier alpha value is -1.11. The lowest BCUT2D eigenvalue weighted by Gasteiger charge is -2.57. The van der Waals surface area contributed by atoms with Crippen LogP contribution in [0.5, 0.6) is 0 Å². The molecular formula is C18H32ClN3O3. The minimum Gasteiger partial charge on any atom is -0.378 e. The smallest absolute Gasteiger partial charge is 0.241 e. The van der Waals surface area contributed by atoms with Crippen molar-refractivity contribution in [2.24, 2.45) is 11.1 Å². The SMILES string of the molecule is CCOC1CC(N)(C(=O)NCc2cc(C(CC)CC)no2)C1(C)C.Cl. The van der Waals surface area contributed by atoms with Gasteiger partial charge in [-0.2, -0.15) is 0 Å². The Kier molecular flexibility index (Phi) is 7.47. The van der Waals surface area contributed by atoms with E-state index in [1.165, 1.54) is 0 Å². The maximum absolute atomic E-state index is 12.6. The van der Waals surface area contributed by atoms with E-state index in [9.17, 15) is 4.79 Å². The molecule has 25 heavy (non-hydrogen) atoms. The zero-order valence-corrected chi connectivity index (χ0v) is 16.7. The van der Waals surface area contributed by atoms with Crippen molar-refractivity contribution in [1.82, 2.24) is 10.5 Å². The molecular weight excluding hydrogens is 342 g/mol. The summed E-state index contributed by atoms with van der Waals surface area (Å²) in [5, 5.41) is 7.01. The molecule has 1 aliphatic carbocycles. The number of nitrogens with one attached hydrogen (secondary N) is 1. The van der Waals surface area contributed by atoms with Crippen LogP contribution in [-0.4, -0.2) is 29.3 Å². The number of nitrogens with zero attached hydrogens (tertiary/aromatic N) is 1. The fourth-order valence-corrected chi connectivity index (χ4v) is 3.46. The molecule has 1 aliphatic rings. The monoisotopic (exact) mass is 373 g/mol. The first-order valence-corrected chi connectivity index (χ1v) is 8.94. The van der Waals surface area contributed by atoms with E-state index in [1.807, 2.05) is 26.8 Å². The molecule has 3 N–H and O–H groups in total. The quantitative estimate of drug-likeness (QED) is 0.730. The molecule has 0 aromatic carbocycles. The lowest BCUT2D eigenvalue weighted by molar-refractivity contribution is -0.170. The van der Waals surface area contributed by atoms with E-state index in [2.05, 4.69) is 24.3 Å². The van der Waals surface area contributed by atoms with Crippen LogP contribution in [0.4, 0.5) is 0 Å². The average molecular weight is 374 g/mol. The normalized spacial score (nSPS) is 24.5. The Morgan fingerprint density at radius 3 is 2.60 bits per heavy atom. The summed E-state index contributed by atoms with van der Waals surface area (Å²) in [7, 11) is 0.